The van der Waals surface area contributed by atoms with Crippen LogP contribution >= 0.6 is 0 Å². The van der Waals surface area contributed by atoms with Crippen molar-refractivity contribution in [1.29, 1.82) is 0 Å². The number of fused-ring (bicyclic) bond motifs is 1. The fourth-order valence-corrected chi connectivity index (χ4v) is 4.04. The number of halogens is 3. The highest BCUT2D eigenvalue weighted by Crippen LogP contribution is 2.44. The van der Waals surface area contributed by atoms with E-state index in [1.54, 1.807) is 12.1 Å². The maximum absolute atomic E-state index is 14.3. The molecule has 7 nitrogen and oxygen atoms in total. The molecule has 1 aromatic heterocycles. The number of alkyl halides is 3. The molecule has 4 rings (SSSR count). The van der Waals surface area contributed by atoms with Crippen molar-refractivity contribution in [2.45, 2.75) is 18.3 Å². The number of nitrogens with zero attached hydrogens (tertiary/aromatic N) is 3. The quantitative estimate of drug-likeness (QED) is 0.459. The van der Waals surface area contributed by atoms with Crippen LogP contribution in [-0.2, 0) is 16.9 Å². The van der Waals surface area contributed by atoms with Crippen molar-refractivity contribution in [2.24, 2.45) is 0 Å². The Hall–Kier alpha value is -2.95. The van der Waals surface area contributed by atoms with Gasteiger partial charge in [-0.1, -0.05) is 30.3 Å². The molecule has 0 aliphatic carbocycles. The molecule has 1 N–H and O–H groups in total. The summed E-state index contributed by atoms with van der Waals surface area (Å²) in [5, 5.41) is 22.5. The van der Waals surface area contributed by atoms with E-state index < -0.39 is 23.2 Å². The summed E-state index contributed by atoms with van der Waals surface area (Å²) >= 11 is 0. The maximum Gasteiger partial charge on any atom is 0.422 e. The number of aliphatic hydroxyl groups is 1. The zero-order valence-electron chi connectivity index (χ0n) is 17.1. The molecular weight excluding hydrogens is 427 g/mol. The van der Waals surface area contributed by atoms with Gasteiger partial charge < -0.3 is 14.4 Å². The lowest BCUT2D eigenvalue weighted by Gasteiger charge is -2.37. The number of rotatable bonds is 6. The molecule has 1 aliphatic heterocycles. The van der Waals surface area contributed by atoms with Crippen molar-refractivity contribution in [3.8, 4) is 0 Å². The van der Waals surface area contributed by atoms with Crippen LogP contribution in [0.25, 0.3) is 10.9 Å². The van der Waals surface area contributed by atoms with E-state index in [9.17, 15) is 28.4 Å². The first kappa shape index (κ1) is 22.3. The van der Waals surface area contributed by atoms with Crippen molar-refractivity contribution in [1.82, 2.24) is 9.47 Å². The van der Waals surface area contributed by atoms with Crippen molar-refractivity contribution >= 4 is 16.6 Å². The third kappa shape index (κ3) is 4.21. The summed E-state index contributed by atoms with van der Waals surface area (Å²) in [5.41, 5.74) is -2.65. The molecule has 1 unspecified atom stereocenters. The first-order valence-electron chi connectivity index (χ1n) is 10.1. The van der Waals surface area contributed by atoms with Crippen molar-refractivity contribution < 1.29 is 27.9 Å². The van der Waals surface area contributed by atoms with Crippen LogP contribution < -0.4 is 0 Å². The lowest BCUT2D eigenvalue weighted by atomic mass is 9.91. The number of morpholine rings is 1. The summed E-state index contributed by atoms with van der Waals surface area (Å²) in [5.74, 6) is 0. The number of hydrogen-bond donors (Lipinski definition) is 1. The number of hydrogen-bond acceptors (Lipinski definition) is 5. The van der Waals surface area contributed by atoms with Crippen LogP contribution in [0.15, 0.2) is 54.7 Å². The number of benzene rings is 2. The average molecular weight is 449 g/mol. The number of non-ortho nitro benzene ring substituents is 1. The van der Waals surface area contributed by atoms with Crippen LogP contribution in [0, 0.1) is 10.1 Å². The first-order valence-corrected chi connectivity index (χ1v) is 10.1. The summed E-state index contributed by atoms with van der Waals surface area (Å²) in [7, 11) is 0. The van der Waals surface area contributed by atoms with E-state index in [1.165, 1.54) is 27.8 Å². The molecule has 10 heteroatoms. The molecule has 170 valence electrons. The fraction of sp³-hybridized carbons (Fsp3) is 0.364. The average Bonchev–Trinajstić information content (AvgIpc) is 3.12. The summed E-state index contributed by atoms with van der Waals surface area (Å²) in [6.45, 7) is 0.663. The van der Waals surface area contributed by atoms with Gasteiger partial charge in [0.2, 0.25) is 5.60 Å². The van der Waals surface area contributed by atoms with Crippen LogP contribution in [0.5, 0.6) is 0 Å². The normalized spacial score (nSPS) is 17.4. The number of ether oxygens (including phenoxy) is 1. The fourth-order valence-electron chi connectivity index (χ4n) is 4.04. The summed E-state index contributed by atoms with van der Waals surface area (Å²) < 4.78 is 49.6. The van der Waals surface area contributed by atoms with Crippen LogP contribution in [0.3, 0.4) is 0 Å². The van der Waals surface area contributed by atoms with Gasteiger partial charge >= 0.3 is 6.18 Å². The Bertz CT molecular complexity index is 1110. The zero-order valence-corrected chi connectivity index (χ0v) is 17.1. The lowest BCUT2D eigenvalue weighted by molar-refractivity contribution is -0.384. The molecule has 0 bridgehead atoms. The number of β-amino-alcohol motifs (C(OH)–C–C–N with tert-alkyl or cyclic N) is 1. The van der Waals surface area contributed by atoms with Gasteiger partial charge in [-0.25, -0.2) is 0 Å². The molecule has 3 aromatic rings. The molecule has 1 fully saturated rings. The van der Waals surface area contributed by atoms with Gasteiger partial charge in [0.1, 0.15) is 0 Å². The van der Waals surface area contributed by atoms with E-state index in [-0.39, 0.29) is 55.0 Å². The highest BCUT2D eigenvalue weighted by molar-refractivity contribution is 5.87. The Morgan fingerprint density at radius 1 is 1.09 bits per heavy atom. The van der Waals surface area contributed by atoms with Crippen molar-refractivity contribution in [3.63, 3.8) is 0 Å². The molecule has 1 aliphatic rings. The van der Waals surface area contributed by atoms with Gasteiger partial charge in [0.15, 0.2) is 0 Å². The third-order valence-corrected chi connectivity index (χ3v) is 5.74. The Kier molecular flexibility index (Phi) is 5.93. The molecular formula is C22H22F3N3O4. The second kappa shape index (κ2) is 8.53. The van der Waals surface area contributed by atoms with E-state index in [0.29, 0.717) is 0 Å². The van der Waals surface area contributed by atoms with Gasteiger partial charge in [-0.05, 0) is 11.6 Å². The first-order chi connectivity index (χ1) is 15.2. The highest BCUT2D eigenvalue weighted by atomic mass is 19.4. The molecule has 0 radical (unpaired) electrons. The summed E-state index contributed by atoms with van der Waals surface area (Å²) in [4.78, 5) is 12.2. The number of aromatic nitrogens is 1. The topological polar surface area (TPSA) is 80.8 Å². The molecule has 32 heavy (non-hydrogen) atoms. The van der Waals surface area contributed by atoms with E-state index in [2.05, 4.69) is 0 Å². The van der Waals surface area contributed by atoms with Crippen molar-refractivity contribution in [2.75, 3.05) is 32.8 Å². The van der Waals surface area contributed by atoms with Gasteiger partial charge in [0.25, 0.3) is 5.69 Å². The Morgan fingerprint density at radius 2 is 1.78 bits per heavy atom. The minimum absolute atomic E-state index is 0.125. The van der Waals surface area contributed by atoms with Crippen LogP contribution in [-0.4, -0.2) is 58.5 Å². The van der Waals surface area contributed by atoms with Gasteiger partial charge in [0.05, 0.1) is 23.7 Å². The monoisotopic (exact) mass is 449 g/mol. The molecule has 1 saturated heterocycles. The van der Waals surface area contributed by atoms with Crippen molar-refractivity contribution in [3.05, 3.63) is 76.0 Å². The summed E-state index contributed by atoms with van der Waals surface area (Å²) in [6, 6.07) is 12.7. The minimum Gasteiger partial charge on any atom is -0.379 e. The van der Waals surface area contributed by atoms with E-state index >= 15 is 0 Å². The molecule has 1 atom stereocenters. The van der Waals surface area contributed by atoms with Gasteiger partial charge in [0, 0.05) is 55.5 Å². The number of nitro groups is 1. The van der Waals surface area contributed by atoms with E-state index in [0.717, 1.165) is 11.6 Å². The van der Waals surface area contributed by atoms with Gasteiger partial charge in [-0.15, -0.1) is 0 Å². The molecule has 0 saturated carbocycles. The second-order valence-electron chi connectivity index (χ2n) is 7.86. The van der Waals surface area contributed by atoms with Gasteiger partial charge in [-0.2, -0.15) is 13.2 Å². The van der Waals surface area contributed by atoms with E-state index in [4.69, 9.17) is 4.74 Å². The Morgan fingerprint density at radius 3 is 2.41 bits per heavy atom. The largest absolute Gasteiger partial charge is 0.422 e. The molecule has 0 amide bonds. The smallest absolute Gasteiger partial charge is 0.379 e. The maximum atomic E-state index is 14.3. The van der Waals surface area contributed by atoms with E-state index in [1.807, 2.05) is 18.2 Å². The minimum atomic E-state index is -4.96. The SMILES string of the molecule is O=[N+]([O-])c1ccc2c(C(O)(CN3CCOCC3)C(F)(F)F)cn(Cc3ccccc3)c2c1. The third-order valence-electron chi connectivity index (χ3n) is 5.74. The molecule has 0 spiro atoms. The Labute approximate surface area is 181 Å². The lowest BCUT2D eigenvalue weighted by Crippen LogP contribution is -2.53. The number of nitro benzene ring substituents is 1. The highest BCUT2D eigenvalue weighted by Gasteiger charge is 2.57. The molecule has 2 aromatic carbocycles. The van der Waals surface area contributed by atoms with Crippen LogP contribution in [0.2, 0.25) is 0 Å². The van der Waals surface area contributed by atoms with Crippen LogP contribution in [0.1, 0.15) is 11.1 Å². The predicted molar refractivity (Wildman–Crippen MR) is 111 cm³/mol. The predicted octanol–water partition coefficient (Wildman–Crippen LogP) is 3.68. The molecule has 2 heterocycles. The second-order valence-corrected chi connectivity index (χ2v) is 7.86. The summed E-state index contributed by atoms with van der Waals surface area (Å²) in [6.07, 6.45) is -3.70. The Balaban J connectivity index is 1.86. The van der Waals surface area contributed by atoms with Crippen LogP contribution in [0.4, 0.5) is 18.9 Å². The zero-order chi connectivity index (χ0) is 22.9. The van der Waals surface area contributed by atoms with Gasteiger partial charge in [-0.3, -0.25) is 15.0 Å². The standard InChI is InChI=1S/C22H22F3N3O4/c23-22(24,25)21(29,15-26-8-10-32-11-9-26)19-14-27(13-16-4-2-1-3-5-16)20-12-17(28(30)31)6-7-18(19)20/h1-7,12,14,29H,8-11,13,15H2.